The number of aryl methyl sites for hydroxylation is 1. The van der Waals surface area contributed by atoms with E-state index < -0.39 is 11.5 Å². The Bertz CT molecular complexity index is 1620. The zero-order valence-corrected chi connectivity index (χ0v) is 20.7. The van der Waals surface area contributed by atoms with Gasteiger partial charge in [0.2, 0.25) is 0 Å². The maximum Gasteiger partial charge on any atom is 0.338 e. The molecule has 4 aromatic rings. The fourth-order valence-corrected chi connectivity index (χ4v) is 5.12. The molecule has 11 nitrogen and oxygen atoms in total. The van der Waals surface area contributed by atoms with Gasteiger partial charge in [0, 0.05) is 48.9 Å². The number of H-pyrrole nitrogens is 2. The van der Waals surface area contributed by atoms with Gasteiger partial charge in [-0.15, -0.1) is 0 Å². The zero-order chi connectivity index (χ0) is 26.8. The monoisotopic (exact) mass is 517 g/mol. The molecule has 0 spiro atoms. The van der Waals surface area contributed by atoms with Crippen molar-refractivity contribution in [3.05, 3.63) is 76.0 Å². The van der Waals surface area contributed by atoms with E-state index in [9.17, 15) is 18.8 Å². The largest absolute Gasteiger partial charge is 0.478 e. The van der Waals surface area contributed by atoms with E-state index in [0.717, 1.165) is 5.69 Å². The van der Waals surface area contributed by atoms with Crippen LogP contribution in [0, 0.1) is 12.7 Å². The normalized spacial score (nSPS) is 15.8. The summed E-state index contributed by atoms with van der Waals surface area (Å²) in [6.45, 7) is 2.29. The van der Waals surface area contributed by atoms with Crippen molar-refractivity contribution in [1.29, 1.82) is 0 Å². The molecule has 1 aliphatic carbocycles. The average molecular weight is 518 g/mol. The van der Waals surface area contributed by atoms with Crippen LogP contribution in [0.2, 0.25) is 0 Å². The molecule has 1 fully saturated rings. The molecule has 3 aromatic heterocycles. The lowest BCUT2D eigenvalue weighted by Crippen LogP contribution is -2.40. The number of hydrogen-bond acceptors (Lipinski definition) is 6. The molecule has 0 radical (unpaired) electrons. The van der Waals surface area contributed by atoms with Gasteiger partial charge in [-0.05, 0) is 43.5 Å². The van der Waals surface area contributed by atoms with E-state index in [2.05, 4.69) is 25.1 Å². The molecule has 1 aromatic carbocycles. The molecule has 2 aliphatic rings. The van der Waals surface area contributed by atoms with Gasteiger partial charge in [-0.1, -0.05) is 0 Å². The quantitative estimate of drug-likeness (QED) is 0.369. The number of amides is 2. The summed E-state index contributed by atoms with van der Waals surface area (Å²) in [5, 5.41) is 17.0. The molecule has 12 heteroatoms. The molecule has 3 N–H and O–H groups in total. The number of carboxylic acid groups (broad SMARTS) is 1. The fraction of sp³-hybridized carbons (Fsp3) is 0.308. The minimum absolute atomic E-state index is 0.0267. The number of aromatic nitrogens is 5. The first-order valence-corrected chi connectivity index (χ1v) is 12.2. The number of hydrogen-bond donors (Lipinski definition) is 3. The Balaban J connectivity index is 1.24. The molecule has 1 aliphatic heterocycles. The van der Waals surface area contributed by atoms with E-state index in [1.807, 2.05) is 0 Å². The zero-order valence-electron chi connectivity index (χ0n) is 20.7. The van der Waals surface area contributed by atoms with Crippen molar-refractivity contribution in [2.24, 2.45) is 0 Å². The first-order valence-electron chi connectivity index (χ1n) is 12.2. The second kappa shape index (κ2) is 8.47. The molecule has 4 heterocycles. The van der Waals surface area contributed by atoms with E-state index in [1.54, 1.807) is 35.9 Å². The molecule has 2 amide bonds. The summed E-state index contributed by atoms with van der Waals surface area (Å²) >= 11 is 0. The van der Waals surface area contributed by atoms with Crippen LogP contribution in [0.5, 0.6) is 0 Å². The minimum atomic E-state index is -1.12. The molecule has 1 saturated carbocycles. The van der Waals surface area contributed by atoms with Gasteiger partial charge in [0.1, 0.15) is 22.7 Å². The van der Waals surface area contributed by atoms with Crippen LogP contribution < -0.4 is 0 Å². The summed E-state index contributed by atoms with van der Waals surface area (Å²) in [5.74, 6) is -1.63. The smallest absolute Gasteiger partial charge is 0.338 e. The van der Waals surface area contributed by atoms with Gasteiger partial charge in [-0.2, -0.15) is 5.10 Å². The first-order chi connectivity index (χ1) is 18.2. The summed E-state index contributed by atoms with van der Waals surface area (Å²) < 4.78 is 14.0. The number of nitrogens with one attached hydrogen (secondary N) is 2. The van der Waals surface area contributed by atoms with Crippen molar-refractivity contribution < 1.29 is 23.9 Å². The summed E-state index contributed by atoms with van der Waals surface area (Å²) in [7, 11) is 1.66. The van der Waals surface area contributed by atoms with Gasteiger partial charge in [0.25, 0.3) is 11.8 Å². The Hall–Kier alpha value is -4.61. The Morgan fingerprint density at radius 2 is 1.92 bits per heavy atom. The van der Waals surface area contributed by atoms with Gasteiger partial charge in [0.15, 0.2) is 5.82 Å². The third-order valence-corrected chi connectivity index (χ3v) is 7.64. The van der Waals surface area contributed by atoms with Crippen LogP contribution in [0.3, 0.4) is 0 Å². The maximum absolute atomic E-state index is 14.0. The number of nitrogens with zero attached hydrogens (tertiary/aromatic N) is 5. The number of carbonyl (C=O) groups is 3. The minimum Gasteiger partial charge on any atom is -0.478 e. The van der Waals surface area contributed by atoms with Gasteiger partial charge < -0.3 is 19.9 Å². The molecule has 0 bridgehead atoms. The molecule has 194 valence electrons. The summed E-state index contributed by atoms with van der Waals surface area (Å²) in [6.07, 6.45) is 4.24. The highest BCUT2D eigenvalue weighted by Crippen LogP contribution is 2.49. The lowest BCUT2D eigenvalue weighted by molar-refractivity contribution is 0.0670. The Labute approximate surface area is 215 Å². The van der Waals surface area contributed by atoms with Crippen molar-refractivity contribution >= 4 is 28.7 Å². The van der Waals surface area contributed by atoms with Crippen molar-refractivity contribution in [3.8, 4) is 0 Å². The predicted octanol–water partition coefficient (Wildman–Crippen LogP) is 2.79. The van der Waals surface area contributed by atoms with Crippen LogP contribution in [0.1, 0.15) is 66.8 Å². The van der Waals surface area contributed by atoms with Gasteiger partial charge in [-0.3, -0.25) is 14.7 Å². The number of aromatic amines is 2. The van der Waals surface area contributed by atoms with Gasteiger partial charge in [-0.25, -0.2) is 19.2 Å². The number of carboxylic acids is 1. The van der Waals surface area contributed by atoms with Crippen molar-refractivity contribution in [2.45, 2.75) is 38.3 Å². The molecular weight excluding hydrogens is 493 g/mol. The van der Waals surface area contributed by atoms with E-state index in [1.165, 1.54) is 18.5 Å². The van der Waals surface area contributed by atoms with Crippen LogP contribution >= 0.6 is 0 Å². The molecule has 6 rings (SSSR count). The van der Waals surface area contributed by atoms with Crippen LogP contribution in [0.15, 0.2) is 30.6 Å². The van der Waals surface area contributed by atoms with E-state index in [-0.39, 0.29) is 29.7 Å². The highest BCUT2D eigenvalue weighted by molar-refractivity contribution is 5.99. The summed E-state index contributed by atoms with van der Waals surface area (Å²) in [6, 6.07) is 4.64. The van der Waals surface area contributed by atoms with Crippen LogP contribution in [0.25, 0.3) is 10.9 Å². The highest BCUT2D eigenvalue weighted by Gasteiger charge is 2.53. The predicted molar refractivity (Wildman–Crippen MR) is 132 cm³/mol. The lowest BCUT2D eigenvalue weighted by Gasteiger charge is -2.29. The molecule has 0 saturated heterocycles. The maximum atomic E-state index is 14.0. The number of benzene rings is 1. The molecule has 0 atom stereocenters. The molecule has 38 heavy (non-hydrogen) atoms. The molecular formula is C26H24FN7O4. The summed E-state index contributed by atoms with van der Waals surface area (Å²) in [5.41, 5.74) is 2.42. The Morgan fingerprint density at radius 3 is 2.61 bits per heavy atom. The van der Waals surface area contributed by atoms with Gasteiger partial charge in [0.05, 0.1) is 17.8 Å². The van der Waals surface area contributed by atoms with Crippen molar-refractivity contribution in [2.75, 3.05) is 13.6 Å². The number of rotatable bonds is 5. The van der Waals surface area contributed by atoms with Gasteiger partial charge >= 0.3 is 5.97 Å². The fourth-order valence-electron chi connectivity index (χ4n) is 5.12. The second-order valence-electron chi connectivity index (χ2n) is 9.81. The third kappa shape index (κ3) is 3.63. The topological polar surface area (TPSA) is 148 Å². The van der Waals surface area contributed by atoms with Crippen LogP contribution in [-0.4, -0.2) is 71.4 Å². The lowest BCUT2D eigenvalue weighted by atomic mass is 10.0. The summed E-state index contributed by atoms with van der Waals surface area (Å²) in [4.78, 5) is 52.8. The number of aromatic carboxylic acids is 1. The SMILES string of the molecule is Cc1c(F)ccc2[nH]c(C(=O)N3CCc4n[nH]c(C(=O)N(C)C5(c6ncc(C(=O)O)cn6)CC5)c4C3)cc12. The third-order valence-electron chi connectivity index (χ3n) is 7.64. The van der Waals surface area contributed by atoms with Crippen LogP contribution in [0.4, 0.5) is 4.39 Å². The van der Waals surface area contributed by atoms with Crippen molar-refractivity contribution in [3.63, 3.8) is 0 Å². The Kier molecular flexibility index (Phi) is 5.30. The Morgan fingerprint density at radius 1 is 1.18 bits per heavy atom. The van der Waals surface area contributed by atoms with E-state index >= 15 is 0 Å². The first kappa shape index (κ1) is 23.8. The van der Waals surface area contributed by atoms with E-state index in [4.69, 9.17) is 5.11 Å². The highest BCUT2D eigenvalue weighted by atomic mass is 19.1. The number of fused-ring (bicyclic) bond motifs is 2. The van der Waals surface area contributed by atoms with E-state index in [0.29, 0.717) is 65.0 Å². The number of carbonyl (C=O) groups excluding carboxylic acids is 2. The van der Waals surface area contributed by atoms with Crippen LogP contribution in [-0.2, 0) is 18.5 Å². The average Bonchev–Trinajstić information content (AvgIpc) is 3.44. The second-order valence-corrected chi connectivity index (χ2v) is 9.81. The standard InChI is InChI=1S/C26H24FN7O4/c1-13-15-9-20(30-18(15)4-3-17(13)27)22(35)34-8-5-19-16(12-34)21(32-31-19)23(36)33(2)26(6-7-26)25-28-10-14(11-29-25)24(37)38/h3-4,9-11,30H,5-8,12H2,1-2H3,(H,31,32)(H,37,38). The van der Waals surface area contributed by atoms with Crippen molar-refractivity contribution in [1.82, 2.24) is 34.9 Å². The number of halogens is 1. The molecule has 0 unspecified atom stereocenters.